The maximum atomic E-state index is 10.5. The van der Waals surface area contributed by atoms with Crippen LogP contribution in [0.3, 0.4) is 0 Å². The predicted molar refractivity (Wildman–Crippen MR) is 85.8 cm³/mol. The molecule has 1 aliphatic carbocycles. The van der Waals surface area contributed by atoms with E-state index in [1.807, 2.05) is 0 Å². The van der Waals surface area contributed by atoms with E-state index in [9.17, 15) is 5.11 Å². The smallest absolute Gasteiger partial charge is 0.0695 e. The van der Waals surface area contributed by atoms with Crippen molar-refractivity contribution < 1.29 is 5.11 Å². The number of aliphatic hydroxyl groups excluding tert-OH is 1. The summed E-state index contributed by atoms with van der Waals surface area (Å²) in [5.41, 5.74) is 0.420. The van der Waals surface area contributed by atoms with Gasteiger partial charge in [-0.1, -0.05) is 34.1 Å². The van der Waals surface area contributed by atoms with Crippen LogP contribution in [-0.2, 0) is 0 Å². The molecule has 2 rings (SSSR count). The van der Waals surface area contributed by atoms with Crippen LogP contribution in [0.4, 0.5) is 0 Å². The van der Waals surface area contributed by atoms with E-state index in [1.54, 1.807) is 0 Å². The van der Waals surface area contributed by atoms with Gasteiger partial charge in [0.15, 0.2) is 0 Å². The molecule has 1 saturated heterocycles. The minimum atomic E-state index is -0.105. The third-order valence-corrected chi connectivity index (χ3v) is 6.39. The van der Waals surface area contributed by atoms with E-state index >= 15 is 0 Å². The van der Waals surface area contributed by atoms with E-state index in [-0.39, 0.29) is 6.10 Å². The maximum Gasteiger partial charge on any atom is 0.0695 e. The molecule has 1 heterocycles. The zero-order valence-electron chi connectivity index (χ0n) is 14.2. The molecule has 1 N–H and O–H groups in total. The van der Waals surface area contributed by atoms with Crippen molar-refractivity contribution in [3.8, 4) is 0 Å². The Balaban J connectivity index is 2.08. The fourth-order valence-electron chi connectivity index (χ4n) is 4.27. The molecule has 1 aliphatic heterocycles. The van der Waals surface area contributed by atoms with E-state index in [0.29, 0.717) is 17.5 Å². The third-order valence-electron chi connectivity index (χ3n) is 6.39. The van der Waals surface area contributed by atoms with Crippen LogP contribution in [0.25, 0.3) is 0 Å². The molecule has 1 saturated carbocycles. The number of likely N-dealkylation sites (tertiary alicyclic amines) is 1. The molecule has 0 amide bonds. The largest absolute Gasteiger partial charge is 0.391 e. The van der Waals surface area contributed by atoms with Gasteiger partial charge in [0, 0.05) is 18.6 Å². The van der Waals surface area contributed by atoms with Crippen LogP contribution in [0.15, 0.2) is 0 Å². The monoisotopic (exact) mass is 281 g/mol. The molecule has 5 unspecified atom stereocenters. The van der Waals surface area contributed by atoms with E-state index in [0.717, 1.165) is 18.3 Å². The first kappa shape index (κ1) is 16.3. The molecule has 2 aliphatic rings. The molecule has 118 valence electrons. The van der Waals surface area contributed by atoms with E-state index < -0.39 is 0 Å². The van der Waals surface area contributed by atoms with Crippen molar-refractivity contribution in [2.45, 2.75) is 91.3 Å². The van der Waals surface area contributed by atoms with Gasteiger partial charge in [0.2, 0.25) is 0 Å². The maximum absolute atomic E-state index is 10.5. The van der Waals surface area contributed by atoms with E-state index in [4.69, 9.17) is 0 Å². The number of hydrogen-bond acceptors (Lipinski definition) is 2. The Morgan fingerprint density at radius 1 is 1.10 bits per heavy atom. The highest BCUT2D eigenvalue weighted by Gasteiger charge is 2.41. The molecule has 0 bridgehead atoms. The summed E-state index contributed by atoms with van der Waals surface area (Å²) in [6, 6.07) is 1.05. The SMILES string of the molecule is CCC(C)(C)C1CCC(O)C(N2CC(C)CCC2C)C1. The summed E-state index contributed by atoms with van der Waals surface area (Å²) in [5.74, 6) is 1.56. The second kappa shape index (κ2) is 6.36. The highest BCUT2D eigenvalue weighted by Crippen LogP contribution is 2.42. The molecule has 2 fully saturated rings. The van der Waals surface area contributed by atoms with Crippen LogP contribution in [0, 0.1) is 17.3 Å². The van der Waals surface area contributed by atoms with Gasteiger partial charge in [-0.3, -0.25) is 4.90 Å². The lowest BCUT2D eigenvalue weighted by Crippen LogP contribution is -2.55. The second-order valence-corrected chi connectivity index (χ2v) is 8.22. The third kappa shape index (κ3) is 3.39. The minimum absolute atomic E-state index is 0.105. The van der Waals surface area contributed by atoms with Crippen LogP contribution in [0.2, 0.25) is 0 Å². The van der Waals surface area contributed by atoms with Crippen molar-refractivity contribution in [3.63, 3.8) is 0 Å². The van der Waals surface area contributed by atoms with Crippen LogP contribution >= 0.6 is 0 Å². The molecule has 0 aromatic heterocycles. The number of piperidine rings is 1. The van der Waals surface area contributed by atoms with Gasteiger partial charge in [-0.15, -0.1) is 0 Å². The van der Waals surface area contributed by atoms with E-state index in [2.05, 4.69) is 39.5 Å². The molecule has 2 heteroatoms. The summed E-state index contributed by atoms with van der Waals surface area (Å²) in [6.07, 6.45) is 7.18. The van der Waals surface area contributed by atoms with Crippen LogP contribution in [0.1, 0.15) is 73.1 Å². The quantitative estimate of drug-likeness (QED) is 0.843. The van der Waals surface area contributed by atoms with Crippen molar-refractivity contribution in [2.24, 2.45) is 17.3 Å². The van der Waals surface area contributed by atoms with Crippen molar-refractivity contribution in [1.82, 2.24) is 4.90 Å². The minimum Gasteiger partial charge on any atom is -0.391 e. The molecule has 5 atom stereocenters. The highest BCUT2D eigenvalue weighted by atomic mass is 16.3. The molecule has 0 spiro atoms. The van der Waals surface area contributed by atoms with Crippen molar-refractivity contribution in [3.05, 3.63) is 0 Å². The molecule has 0 aromatic rings. The van der Waals surface area contributed by atoms with Crippen molar-refractivity contribution >= 4 is 0 Å². The van der Waals surface area contributed by atoms with Crippen LogP contribution in [-0.4, -0.2) is 34.7 Å². The Kier molecular flexibility index (Phi) is 5.18. The standard InChI is InChI=1S/C18H35NO/c1-6-18(4,5)15-9-10-17(20)16(11-15)19-12-13(2)7-8-14(19)3/h13-17,20H,6-12H2,1-5H3. The average Bonchev–Trinajstić information content (AvgIpc) is 2.42. The Morgan fingerprint density at radius 2 is 1.80 bits per heavy atom. The van der Waals surface area contributed by atoms with Gasteiger partial charge < -0.3 is 5.11 Å². The lowest BCUT2D eigenvalue weighted by molar-refractivity contribution is -0.0505. The zero-order valence-corrected chi connectivity index (χ0v) is 14.2. The molecular weight excluding hydrogens is 246 g/mol. The Morgan fingerprint density at radius 3 is 2.45 bits per heavy atom. The van der Waals surface area contributed by atoms with Gasteiger partial charge >= 0.3 is 0 Å². The first-order valence-electron chi connectivity index (χ1n) is 8.79. The number of aliphatic hydroxyl groups is 1. The Labute approximate surface area is 125 Å². The number of rotatable bonds is 3. The molecule has 0 radical (unpaired) electrons. The van der Waals surface area contributed by atoms with Gasteiger partial charge in [0.25, 0.3) is 0 Å². The molecule has 0 aromatic carbocycles. The summed E-state index contributed by atoms with van der Waals surface area (Å²) in [7, 11) is 0. The lowest BCUT2D eigenvalue weighted by atomic mass is 9.67. The fraction of sp³-hybridized carbons (Fsp3) is 1.00. The van der Waals surface area contributed by atoms with Crippen LogP contribution < -0.4 is 0 Å². The van der Waals surface area contributed by atoms with Gasteiger partial charge in [-0.25, -0.2) is 0 Å². The summed E-state index contributed by atoms with van der Waals surface area (Å²) < 4.78 is 0. The molecular formula is C18H35NO. The first-order chi connectivity index (χ1) is 9.35. The fourth-order valence-corrected chi connectivity index (χ4v) is 4.27. The summed E-state index contributed by atoms with van der Waals surface area (Å²) in [4.78, 5) is 2.64. The second-order valence-electron chi connectivity index (χ2n) is 8.22. The summed E-state index contributed by atoms with van der Waals surface area (Å²) in [6.45, 7) is 13.0. The summed E-state index contributed by atoms with van der Waals surface area (Å²) >= 11 is 0. The highest BCUT2D eigenvalue weighted by molar-refractivity contribution is 4.94. The van der Waals surface area contributed by atoms with Crippen molar-refractivity contribution in [2.75, 3.05) is 6.54 Å². The van der Waals surface area contributed by atoms with Gasteiger partial charge in [-0.05, 0) is 56.3 Å². The van der Waals surface area contributed by atoms with E-state index in [1.165, 1.54) is 38.6 Å². The zero-order chi connectivity index (χ0) is 14.9. The molecule has 2 nitrogen and oxygen atoms in total. The summed E-state index contributed by atoms with van der Waals surface area (Å²) in [5, 5.41) is 10.5. The predicted octanol–water partition coefficient (Wildman–Crippen LogP) is 4.07. The Hall–Kier alpha value is -0.0800. The van der Waals surface area contributed by atoms with Crippen LogP contribution in [0.5, 0.6) is 0 Å². The normalized spacial score (nSPS) is 40.8. The van der Waals surface area contributed by atoms with Gasteiger partial charge in [-0.2, -0.15) is 0 Å². The van der Waals surface area contributed by atoms with Gasteiger partial charge in [0.1, 0.15) is 0 Å². The lowest BCUT2D eigenvalue weighted by Gasteiger charge is -2.49. The average molecular weight is 281 g/mol. The van der Waals surface area contributed by atoms with Gasteiger partial charge in [0.05, 0.1) is 6.10 Å². The first-order valence-corrected chi connectivity index (χ1v) is 8.79. The number of nitrogens with zero attached hydrogens (tertiary/aromatic N) is 1. The Bertz CT molecular complexity index is 315. The number of hydrogen-bond donors (Lipinski definition) is 1. The van der Waals surface area contributed by atoms with Crippen molar-refractivity contribution in [1.29, 1.82) is 0 Å². The topological polar surface area (TPSA) is 23.5 Å². The molecule has 20 heavy (non-hydrogen) atoms.